The number of aryl methyl sites for hydroxylation is 2. The highest BCUT2D eigenvalue weighted by molar-refractivity contribution is 5.84. The Balaban J connectivity index is 0.000000209. The smallest absolute Gasteiger partial charge is 0.349 e. The number of aliphatic hydroxyl groups excluding tert-OH is 1. The van der Waals surface area contributed by atoms with Crippen LogP contribution in [0.5, 0.6) is 23.0 Å². The van der Waals surface area contributed by atoms with Gasteiger partial charge in [-0.05, 0) is 73.7 Å². The number of ether oxygens (including phenoxy) is 4. The monoisotopic (exact) mass is 726 g/mol. The van der Waals surface area contributed by atoms with Gasteiger partial charge in [-0.15, -0.1) is 0 Å². The molecule has 0 spiro atoms. The summed E-state index contributed by atoms with van der Waals surface area (Å²) in [5.41, 5.74) is 5.77. The maximum absolute atomic E-state index is 11.5. The highest BCUT2D eigenvalue weighted by atomic mass is 16.6. The van der Waals surface area contributed by atoms with Crippen molar-refractivity contribution >= 4 is 11.9 Å². The van der Waals surface area contributed by atoms with Crippen LogP contribution in [0.25, 0.3) is 0 Å². The molecule has 53 heavy (non-hydrogen) atoms. The molecule has 0 saturated carbocycles. The van der Waals surface area contributed by atoms with Crippen LogP contribution in [0.15, 0.2) is 91.0 Å². The molecule has 10 heteroatoms. The maximum atomic E-state index is 11.5. The Morgan fingerprint density at radius 1 is 0.811 bits per heavy atom. The number of carboxylic acids is 2. The molecule has 6 rings (SSSR count). The number of piperidine rings is 1. The van der Waals surface area contributed by atoms with Crippen molar-refractivity contribution in [3.05, 3.63) is 119 Å². The van der Waals surface area contributed by atoms with Crippen molar-refractivity contribution in [1.29, 1.82) is 0 Å². The van der Waals surface area contributed by atoms with E-state index in [1.807, 2.05) is 32.0 Å². The van der Waals surface area contributed by atoms with Crippen LogP contribution >= 0.6 is 0 Å². The Labute approximate surface area is 311 Å². The molecule has 0 aromatic heterocycles. The maximum Gasteiger partial charge on any atom is 0.349 e. The number of benzene rings is 4. The standard InChI is InChI=1S/C25H33NO3.C18H18O6/c1-17(2)11-20-15-26-10-9-19-12-25(29-16-18-7-5-4-6-8-18)24(28-3)13-21(19)22(26)14-23(20)27;1-11-3-7-13(8-4-11)23-15(17(19)20)16(18(21)22)24-14-9-5-12(2)6-10-14/h4-8,12-13,17,20,22-23,27H,9-11,14-16H2,1-3H3;3-10,15-16H,1-2H3,(H,19,20)(H,21,22)/p+1/t20-,22-,23-;15-,16-/m11/s1. The zero-order valence-corrected chi connectivity index (χ0v) is 31.2. The fraction of sp³-hybridized carbons (Fsp3) is 0.395. The minimum Gasteiger partial charge on any atom is -0.493 e. The van der Waals surface area contributed by atoms with E-state index in [-0.39, 0.29) is 17.6 Å². The number of rotatable bonds is 13. The fourth-order valence-corrected chi connectivity index (χ4v) is 7.16. The van der Waals surface area contributed by atoms with E-state index in [1.54, 1.807) is 60.5 Å². The van der Waals surface area contributed by atoms with Gasteiger partial charge < -0.3 is 39.2 Å². The lowest BCUT2D eigenvalue weighted by molar-refractivity contribution is -0.944. The first-order chi connectivity index (χ1) is 25.4. The molecule has 6 atom stereocenters. The van der Waals surface area contributed by atoms with Gasteiger partial charge in [0.05, 0.1) is 26.3 Å². The molecule has 2 aliphatic heterocycles. The number of methoxy groups -OCH3 is 1. The molecule has 0 aliphatic carbocycles. The van der Waals surface area contributed by atoms with Crippen LogP contribution in [0.4, 0.5) is 0 Å². The Kier molecular flexibility index (Phi) is 13.4. The Hall–Kier alpha value is -5.06. The average Bonchev–Trinajstić information content (AvgIpc) is 3.14. The third kappa shape index (κ3) is 10.5. The Morgan fingerprint density at radius 3 is 1.89 bits per heavy atom. The van der Waals surface area contributed by atoms with Crippen molar-refractivity contribution in [2.75, 3.05) is 20.2 Å². The molecule has 282 valence electrons. The largest absolute Gasteiger partial charge is 0.493 e. The molecule has 2 aliphatic rings. The number of carbonyl (C=O) groups is 2. The second-order valence-electron chi connectivity index (χ2n) is 14.5. The minimum absolute atomic E-state index is 0.211. The molecule has 0 amide bonds. The van der Waals surface area contributed by atoms with E-state index in [9.17, 15) is 24.9 Å². The lowest BCUT2D eigenvalue weighted by atomic mass is 9.79. The van der Waals surface area contributed by atoms with Crippen molar-refractivity contribution in [3.8, 4) is 23.0 Å². The summed E-state index contributed by atoms with van der Waals surface area (Å²) in [7, 11) is 1.71. The second-order valence-corrected chi connectivity index (χ2v) is 14.5. The van der Waals surface area contributed by atoms with E-state index < -0.39 is 24.1 Å². The summed E-state index contributed by atoms with van der Waals surface area (Å²) in [4.78, 5) is 24.6. The molecule has 1 unspecified atom stereocenters. The molecule has 1 fully saturated rings. The van der Waals surface area contributed by atoms with Crippen molar-refractivity contribution in [3.63, 3.8) is 0 Å². The van der Waals surface area contributed by atoms with Crippen molar-refractivity contribution < 1.29 is 48.8 Å². The van der Waals surface area contributed by atoms with Crippen molar-refractivity contribution in [2.45, 2.75) is 77.9 Å². The average molecular weight is 727 g/mol. The molecule has 10 nitrogen and oxygen atoms in total. The zero-order valence-electron chi connectivity index (χ0n) is 31.2. The molecule has 0 radical (unpaired) electrons. The molecule has 4 aromatic rings. The lowest BCUT2D eigenvalue weighted by Gasteiger charge is -2.43. The van der Waals surface area contributed by atoms with Crippen LogP contribution in [-0.2, 0) is 22.6 Å². The third-order valence-corrected chi connectivity index (χ3v) is 9.90. The number of aliphatic carboxylic acids is 2. The summed E-state index contributed by atoms with van der Waals surface area (Å²) >= 11 is 0. The predicted molar refractivity (Wildman–Crippen MR) is 201 cm³/mol. The number of carboxylic acid groups (broad SMARTS) is 2. The van der Waals surface area contributed by atoms with Gasteiger partial charge in [-0.2, -0.15) is 0 Å². The van der Waals surface area contributed by atoms with Crippen molar-refractivity contribution in [1.82, 2.24) is 0 Å². The SMILES string of the molecule is COc1cc2c(cc1OCc1ccccc1)CC[NH+]1C[C@@H](CC(C)C)[C@H](O)C[C@H]21.Cc1ccc(O[C@@H](C(=O)O)[C@@H](Oc2ccc(C)cc2)C(=O)O)cc1. The van der Waals surface area contributed by atoms with Crippen molar-refractivity contribution in [2.24, 2.45) is 11.8 Å². The summed E-state index contributed by atoms with van der Waals surface area (Å²) in [6, 6.07) is 28.2. The summed E-state index contributed by atoms with van der Waals surface area (Å²) < 4.78 is 22.5. The molecule has 4 aromatic carbocycles. The summed E-state index contributed by atoms with van der Waals surface area (Å²) in [5.74, 6) is 0.321. The van der Waals surface area contributed by atoms with Gasteiger partial charge in [0.2, 0.25) is 12.2 Å². The van der Waals surface area contributed by atoms with Crippen LogP contribution in [0.3, 0.4) is 0 Å². The van der Waals surface area contributed by atoms with Gasteiger partial charge in [0.15, 0.2) is 11.5 Å². The van der Waals surface area contributed by atoms with Gasteiger partial charge in [-0.3, -0.25) is 0 Å². The van der Waals surface area contributed by atoms with E-state index >= 15 is 0 Å². The normalized spacial score (nSPS) is 20.1. The predicted octanol–water partition coefficient (Wildman–Crippen LogP) is 5.85. The number of hydrogen-bond acceptors (Lipinski definition) is 7. The van der Waals surface area contributed by atoms with Crippen LogP contribution in [0.1, 0.15) is 60.5 Å². The molecule has 2 heterocycles. The van der Waals surface area contributed by atoms with Gasteiger partial charge in [0, 0.05) is 24.3 Å². The molecule has 1 saturated heterocycles. The number of aliphatic hydroxyl groups is 1. The van der Waals surface area contributed by atoms with Gasteiger partial charge in [0.25, 0.3) is 0 Å². The van der Waals surface area contributed by atoms with Crippen LogP contribution in [-0.4, -0.2) is 65.8 Å². The van der Waals surface area contributed by atoms with E-state index in [4.69, 9.17) is 18.9 Å². The lowest BCUT2D eigenvalue weighted by Crippen LogP contribution is -3.15. The highest BCUT2D eigenvalue weighted by Gasteiger charge is 2.42. The quantitative estimate of drug-likeness (QED) is 0.134. The van der Waals surface area contributed by atoms with Gasteiger partial charge in [0.1, 0.15) is 24.1 Å². The number of nitrogens with one attached hydrogen (secondary N) is 1. The van der Waals surface area contributed by atoms with E-state index in [2.05, 4.69) is 38.1 Å². The molecular formula is C43H52NO9+. The second kappa shape index (κ2) is 18.1. The summed E-state index contributed by atoms with van der Waals surface area (Å²) in [6.07, 6.45) is -0.584. The zero-order chi connectivity index (χ0) is 38.1. The first-order valence-electron chi connectivity index (χ1n) is 18.2. The van der Waals surface area contributed by atoms with E-state index in [1.165, 1.54) is 11.1 Å². The fourth-order valence-electron chi connectivity index (χ4n) is 7.16. The topological polar surface area (TPSA) is 136 Å². The molecule has 4 N–H and O–H groups in total. The molecule has 0 bridgehead atoms. The van der Waals surface area contributed by atoms with Crippen LogP contribution < -0.4 is 23.8 Å². The highest BCUT2D eigenvalue weighted by Crippen LogP contribution is 2.38. The number of hydrogen-bond donors (Lipinski definition) is 4. The number of fused-ring (bicyclic) bond motifs is 3. The third-order valence-electron chi connectivity index (χ3n) is 9.90. The van der Waals surface area contributed by atoms with Gasteiger partial charge in [-0.25, -0.2) is 9.59 Å². The Bertz CT molecular complexity index is 1730. The summed E-state index contributed by atoms with van der Waals surface area (Å²) in [5, 5.41) is 29.5. The van der Waals surface area contributed by atoms with Crippen LogP contribution in [0.2, 0.25) is 0 Å². The van der Waals surface area contributed by atoms with E-state index in [0.717, 1.165) is 60.5 Å². The Morgan fingerprint density at radius 2 is 1.38 bits per heavy atom. The number of quaternary nitrogens is 1. The van der Waals surface area contributed by atoms with Crippen LogP contribution in [0, 0.1) is 25.7 Å². The van der Waals surface area contributed by atoms with Gasteiger partial charge in [-0.1, -0.05) is 79.6 Å². The molecular weight excluding hydrogens is 674 g/mol. The minimum atomic E-state index is -1.69. The first kappa shape index (κ1) is 39.2. The first-order valence-corrected chi connectivity index (χ1v) is 18.2. The van der Waals surface area contributed by atoms with Gasteiger partial charge >= 0.3 is 11.9 Å². The summed E-state index contributed by atoms with van der Waals surface area (Å²) in [6.45, 7) is 11.0. The van der Waals surface area contributed by atoms with E-state index in [0.29, 0.717) is 24.5 Å².